The quantitative estimate of drug-likeness (QED) is 0.0899. The molecular weight excluding hydrogens is 577 g/mol. The Morgan fingerprint density at radius 3 is 1.86 bits per heavy atom. The van der Waals surface area contributed by atoms with E-state index in [4.69, 9.17) is 9.79 Å². The second-order valence-electron chi connectivity index (χ2n) is 10.2. The van der Waals surface area contributed by atoms with Crippen LogP contribution >= 0.6 is 7.82 Å². The van der Waals surface area contributed by atoms with Gasteiger partial charge in [0, 0.05) is 38.8 Å². The highest BCUT2D eigenvalue weighted by Crippen LogP contribution is 2.37. The van der Waals surface area contributed by atoms with Crippen LogP contribution in [0.15, 0.2) is 54.6 Å². The lowest BCUT2D eigenvalue weighted by Gasteiger charge is -2.15. The number of carboxylic acids is 1. The molecule has 12 nitrogen and oxygen atoms in total. The van der Waals surface area contributed by atoms with Gasteiger partial charge in [-0.05, 0) is 61.8 Å². The van der Waals surface area contributed by atoms with E-state index in [-0.39, 0.29) is 30.4 Å². The van der Waals surface area contributed by atoms with E-state index >= 15 is 0 Å². The number of amides is 3. The zero-order valence-electron chi connectivity index (χ0n) is 24.2. The van der Waals surface area contributed by atoms with E-state index in [2.05, 4.69) is 32.6 Å². The van der Waals surface area contributed by atoms with Crippen LogP contribution in [0.5, 0.6) is 5.75 Å². The number of carbonyl (C=O) groups excluding carboxylic acids is 3. The summed E-state index contributed by atoms with van der Waals surface area (Å²) in [6.45, 7) is 1.01. The fraction of sp³-hybridized carbons (Fsp3) is 0.467. The standard InChI is InChI=1S/C30H42N3O9P/c34-27(13-5-2-7-20-31-28(35)15-9-12-23-10-3-1-4-11-23)32-21-8-6-14-29(36)33-26(30(37)38)22-24-16-18-25(19-17-24)42-43(39,40)41/h1,3-4,10-11,16-19,26H,2,5-9,12-15,20-22H2,(H,31,35)(H,32,34)(H,33,36)(H,37,38)(H2,39,40,41)/t26-/m0/s1. The number of rotatable bonds is 21. The van der Waals surface area contributed by atoms with E-state index < -0.39 is 25.7 Å². The van der Waals surface area contributed by atoms with Crippen molar-refractivity contribution in [3.63, 3.8) is 0 Å². The second-order valence-corrected chi connectivity index (χ2v) is 11.4. The molecule has 13 heteroatoms. The molecule has 2 aromatic rings. The minimum atomic E-state index is -4.69. The summed E-state index contributed by atoms with van der Waals surface area (Å²) in [4.78, 5) is 65.5. The van der Waals surface area contributed by atoms with Crippen molar-refractivity contribution in [1.82, 2.24) is 16.0 Å². The molecule has 0 aliphatic rings. The molecule has 0 fully saturated rings. The Morgan fingerprint density at radius 1 is 0.698 bits per heavy atom. The molecule has 1 atom stereocenters. The third kappa shape index (κ3) is 17.1. The Labute approximate surface area is 251 Å². The summed E-state index contributed by atoms with van der Waals surface area (Å²) in [5, 5.41) is 17.7. The Bertz CT molecular complexity index is 1200. The number of carboxylic acid groups (broad SMARTS) is 1. The van der Waals surface area contributed by atoms with Crippen LogP contribution in [0.25, 0.3) is 0 Å². The maximum Gasteiger partial charge on any atom is 0.524 e. The molecule has 2 rings (SSSR count). The number of hydrogen-bond acceptors (Lipinski definition) is 6. The van der Waals surface area contributed by atoms with E-state index in [0.29, 0.717) is 50.8 Å². The second kappa shape index (κ2) is 19.5. The van der Waals surface area contributed by atoms with E-state index in [1.165, 1.54) is 29.8 Å². The highest BCUT2D eigenvalue weighted by atomic mass is 31.2. The third-order valence-corrected chi connectivity index (χ3v) is 6.94. The molecule has 3 amide bonds. The molecular formula is C30H42N3O9P. The van der Waals surface area contributed by atoms with Crippen molar-refractivity contribution >= 4 is 31.5 Å². The Balaban J connectivity index is 1.49. The first-order chi connectivity index (χ1) is 20.5. The predicted molar refractivity (Wildman–Crippen MR) is 160 cm³/mol. The normalized spacial score (nSPS) is 11.8. The summed E-state index contributed by atoms with van der Waals surface area (Å²) < 4.78 is 15.3. The first-order valence-corrected chi connectivity index (χ1v) is 16.0. The van der Waals surface area contributed by atoms with Crippen molar-refractivity contribution in [2.24, 2.45) is 0 Å². The first kappa shape index (κ1) is 35.5. The lowest BCUT2D eigenvalue weighted by atomic mass is 10.1. The number of phosphoric acid groups is 1. The van der Waals surface area contributed by atoms with Crippen LogP contribution in [0.1, 0.15) is 68.9 Å². The fourth-order valence-corrected chi connectivity index (χ4v) is 4.65. The Kier molecular flexibility index (Phi) is 16.0. The maximum absolute atomic E-state index is 12.2. The summed E-state index contributed by atoms with van der Waals surface area (Å²) in [5.74, 6) is -1.73. The molecule has 0 aliphatic carbocycles. The summed E-state index contributed by atoms with van der Waals surface area (Å²) in [5.41, 5.74) is 1.76. The SMILES string of the molecule is O=C(CCCCCNC(=O)CCCc1ccccc1)NCCCCC(=O)N[C@@H](Cc1ccc(OP(=O)(O)O)cc1)C(=O)O. The molecule has 236 valence electrons. The molecule has 6 N–H and O–H groups in total. The summed E-state index contributed by atoms with van der Waals surface area (Å²) in [6.07, 6.45) is 6.04. The van der Waals surface area contributed by atoms with Gasteiger partial charge in [-0.1, -0.05) is 48.9 Å². The first-order valence-electron chi connectivity index (χ1n) is 14.5. The van der Waals surface area contributed by atoms with E-state index in [1.54, 1.807) is 0 Å². The number of hydrogen-bond donors (Lipinski definition) is 6. The molecule has 0 saturated heterocycles. The number of unbranched alkanes of at least 4 members (excludes halogenated alkanes) is 3. The van der Waals surface area contributed by atoms with Crippen molar-refractivity contribution in [2.75, 3.05) is 13.1 Å². The zero-order chi connectivity index (χ0) is 31.5. The number of benzene rings is 2. The van der Waals surface area contributed by atoms with Crippen molar-refractivity contribution in [3.05, 3.63) is 65.7 Å². The molecule has 0 saturated carbocycles. The molecule has 0 aromatic heterocycles. The van der Waals surface area contributed by atoms with Crippen LogP contribution in [0.2, 0.25) is 0 Å². The van der Waals surface area contributed by atoms with Crippen LogP contribution in [-0.2, 0) is 36.6 Å². The summed E-state index contributed by atoms with van der Waals surface area (Å²) >= 11 is 0. The van der Waals surface area contributed by atoms with Crippen LogP contribution in [0, 0.1) is 0 Å². The van der Waals surface area contributed by atoms with Gasteiger partial charge in [0.2, 0.25) is 17.7 Å². The van der Waals surface area contributed by atoms with E-state index in [9.17, 15) is 28.8 Å². The average Bonchev–Trinajstić information content (AvgIpc) is 2.95. The molecule has 0 heterocycles. The number of phosphoric ester groups is 1. The number of nitrogens with one attached hydrogen (secondary N) is 3. The van der Waals surface area contributed by atoms with Crippen LogP contribution in [0.4, 0.5) is 0 Å². The van der Waals surface area contributed by atoms with Gasteiger partial charge in [0.1, 0.15) is 11.8 Å². The predicted octanol–water partition coefficient (Wildman–Crippen LogP) is 3.26. The lowest BCUT2D eigenvalue weighted by molar-refractivity contribution is -0.141. The maximum atomic E-state index is 12.2. The summed E-state index contributed by atoms with van der Waals surface area (Å²) in [7, 11) is -4.69. The summed E-state index contributed by atoms with van der Waals surface area (Å²) in [6, 6.07) is 14.4. The molecule has 0 unspecified atom stereocenters. The van der Waals surface area contributed by atoms with Gasteiger partial charge in [0.25, 0.3) is 0 Å². The number of aliphatic carboxylic acids is 1. The van der Waals surface area contributed by atoms with Gasteiger partial charge in [0.05, 0.1) is 0 Å². The van der Waals surface area contributed by atoms with Gasteiger partial charge in [-0.2, -0.15) is 0 Å². The van der Waals surface area contributed by atoms with Gasteiger partial charge < -0.3 is 25.6 Å². The minimum absolute atomic E-state index is 0.0194. The van der Waals surface area contributed by atoms with Crippen LogP contribution in [-0.4, -0.2) is 57.7 Å². The van der Waals surface area contributed by atoms with Gasteiger partial charge in [-0.15, -0.1) is 0 Å². The molecule has 2 aromatic carbocycles. The average molecular weight is 620 g/mol. The van der Waals surface area contributed by atoms with Crippen molar-refractivity contribution in [2.45, 2.75) is 76.7 Å². The fourth-order valence-electron chi connectivity index (χ4n) is 4.25. The van der Waals surface area contributed by atoms with E-state index in [0.717, 1.165) is 25.7 Å². The topological polar surface area (TPSA) is 191 Å². The molecule has 0 bridgehead atoms. The Morgan fingerprint density at radius 2 is 1.26 bits per heavy atom. The smallest absolute Gasteiger partial charge is 0.480 e. The van der Waals surface area contributed by atoms with Crippen LogP contribution < -0.4 is 20.5 Å². The zero-order valence-corrected chi connectivity index (χ0v) is 25.1. The molecule has 0 radical (unpaired) electrons. The molecule has 0 spiro atoms. The third-order valence-electron chi connectivity index (χ3n) is 6.49. The minimum Gasteiger partial charge on any atom is -0.480 e. The highest BCUT2D eigenvalue weighted by molar-refractivity contribution is 7.46. The van der Waals surface area contributed by atoms with Gasteiger partial charge in [-0.25, -0.2) is 9.36 Å². The van der Waals surface area contributed by atoms with E-state index in [1.807, 2.05) is 18.2 Å². The largest absolute Gasteiger partial charge is 0.524 e. The lowest BCUT2D eigenvalue weighted by Crippen LogP contribution is -2.42. The molecule has 0 aliphatic heterocycles. The number of aryl methyl sites for hydroxylation is 1. The van der Waals surface area contributed by atoms with Gasteiger partial charge in [-0.3, -0.25) is 24.2 Å². The van der Waals surface area contributed by atoms with Crippen molar-refractivity contribution in [1.29, 1.82) is 0 Å². The van der Waals surface area contributed by atoms with Gasteiger partial charge >= 0.3 is 13.8 Å². The van der Waals surface area contributed by atoms with Gasteiger partial charge in [0.15, 0.2) is 0 Å². The monoisotopic (exact) mass is 619 g/mol. The number of carbonyl (C=O) groups is 4. The van der Waals surface area contributed by atoms with Crippen LogP contribution in [0.3, 0.4) is 0 Å². The Hall–Kier alpha value is -3.73. The van der Waals surface area contributed by atoms with Crippen molar-refractivity contribution < 1.29 is 43.2 Å². The highest BCUT2D eigenvalue weighted by Gasteiger charge is 2.21. The molecule has 43 heavy (non-hydrogen) atoms. The van der Waals surface area contributed by atoms with Crippen molar-refractivity contribution in [3.8, 4) is 5.75 Å².